The number of nitrogens with one attached hydrogen (secondary N) is 1. The highest BCUT2D eigenvalue weighted by Crippen LogP contribution is 2.30. The maximum Gasteiger partial charge on any atom is 0.344 e. The molecule has 0 unspecified atom stereocenters. The summed E-state index contributed by atoms with van der Waals surface area (Å²) < 4.78 is 5.59. The Morgan fingerprint density at radius 2 is 1.82 bits per heavy atom. The molecule has 1 N–H and O–H groups in total. The second-order valence-corrected chi connectivity index (χ2v) is 8.83. The van der Waals surface area contributed by atoms with Crippen LogP contribution in [0.2, 0.25) is 5.02 Å². The van der Waals surface area contributed by atoms with Crippen molar-refractivity contribution >= 4 is 34.8 Å². The number of esters is 1. The monoisotopic (exact) mass is 464 g/mol. The number of anilines is 3. The Morgan fingerprint density at radius 1 is 1.06 bits per heavy atom. The van der Waals surface area contributed by atoms with E-state index in [0.717, 1.165) is 38.4 Å². The van der Waals surface area contributed by atoms with Gasteiger partial charge in [0, 0.05) is 49.6 Å². The first-order chi connectivity index (χ1) is 16.0. The SMILES string of the molecule is CC(C)OC(=O)c1c(Nc2cccc(Cl)c2)ccnc1N1CCN(Cc2ccccc2)CC1. The Labute approximate surface area is 200 Å². The predicted octanol–water partition coefficient (Wildman–Crippen LogP) is 5.37. The zero-order chi connectivity index (χ0) is 23.2. The Bertz CT molecular complexity index is 1080. The molecule has 33 heavy (non-hydrogen) atoms. The van der Waals surface area contributed by atoms with Crippen molar-refractivity contribution in [3.05, 3.63) is 83.0 Å². The Kier molecular flexibility index (Phi) is 7.47. The molecule has 6 nitrogen and oxygen atoms in total. The third-order valence-electron chi connectivity index (χ3n) is 5.50. The summed E-state index contributed by atoms with van der Waals surface area (Å²) >= 11 is 6.15. The van der Waals surface area contributed by atoms with Crippen molar-refractivity contribution < 1.29 is 9.53 Å². The van der Waals surface area contributed by atoms with E-state index >= 15 is 0 Å². The number of benzene rings is 2. The predicted molar refractivity (Wildman–Crippen MR) is 133 cm³/mol. The van der Waals surface area contributed by atoms with Crippen LogP contribution in [0.3, 0.4) is 0 Å². The number of piperazine rings is 1. The molecule has 0 bridgehead atoms. The number of aromatic nitrogens is 1. The van der Waals surface area contributed by atoms with Gasteiger partial charge in [-0.1, -0.05) is 48.0 Å². The van der Waals surface area contributed by atoms with Gasteiger partial charge in [-0.3, -0.25) is 4.90 Å². The quantitative estimate of drug-likeness (QED) is 0.474. The first kappa shape index (κ1) is 23.1. The molecule has 0 aliphatic carbocycles. The van der Waals surface area contributed by atoms with Gasteiger partial charge in [0.15, 0.2) is 0 Å². The molecule has 0 amide bonds. The van der Waals surface area contributed by atoms with Crippen LogP contribution in [0, 0.1) is 0 Å². The van der Waals surface area contributed by atoms with Gasteiger partial charge in [0.25, 0.3) is 0 Å². The lowest BCUT2D eigenvalue weighted by atomic mass is 10.1. The second kappa shape index (κ2) is 10.7. The van der Waals surface area contributed by atoms with Gasteiger partial charge >= 0.3 is 5.97 Å². The number of hydrogen-bond donors (Lipinski definition) is 1. The minimum absolute atomic E-state index is 0.229. The van der Waals surface area contributed by atoms with Gasteiger partial charge < -0.3 is 15.0 Å². The van der Waals surface area contributed by atoms with Crippen LogP contribution in [-0.2, 0) is 11.3 Å². The highest BCUT2D eigenvalue weighted by Gasteiger charge is 2.27. The minimum Gasteiger partial charge on any atom is -0.459 e. The van der Waals surface area contributed by atoms with E-state index in [-0.39, 0.29) is 12.1 Å². The van der Waals surface area contributed by atoms with E-state index in [4.69, 9.17) is 16.3 Å². The number of rotatable bonds is 7. The van der Waals surface area contributed by atoms with E-state index in [2.05, 4.69) is 44.4 Å². The molecule has 1 saturated heterocycles. The van der Waals surface area contributed by atoms with Crippen LogP contribution in [0.5, 0.6) is 0 Å². The smallest absolute Gasteiger partial charge is 0.344 e. The average molecular weight is 465 g/mol. The molecule has 172 valence electrons. The highest BCUT2D eigenvalue weighted by molar-refractivity contribution is 6.30. The lowest BCUT2D eigenvalue weighted by Gasteiger charge is -2.36. The van der Waals surface area contributed by atoms with Crippen molar-refractivity contribution in [1.29, 1.82) is 0 Å². The number of pyridine rings is 1. The standard InChI is InChI=1S/C26H29ClN4O2/c1-19(2)33-26(32)24-23(29-22-10-6-9-21(27)17-22)11-12-28-25(24)31-15-13-30(14-16-31)18-20-7-4-3-5-8-20/h3-12,17,19H,13-16,18H2,1-2H3,(H,28,29). The van der Waals surface area contributed by atoms with E-state index in [1.54, 1.807) is 12.3 Å². The lowest BCUT2D eigenvalue weighted by molar-refractivity contribution is 0.0379. The van der Waals surface area contributed by atoms with Crippen LogP contribution in [0.25, 0.3) is 0 Å². The van der Waals surface area contributed by atoms with Gasteiger partial charge in [-0.05, 0) is 43.7 Å². The minimum atomic E-state index is -0.385. The van der Waals surface area contributed by atoms with Gasteiger partial charge in [0.05, 0.1) is 11.8 Å². The number of carbonyl (C=O) groups is 1. The topological polar surface area (TPSA) is 57.7 Å². The molecule has 0 atom stereocenters. The number of carbonyl (C=O) groups excluding carboxylic acids is 1. The van der Waals surface area contributed by atoms with Crippen molar-refractivity contribution in [3.8, 4) is 0 Å². The van der Waals surface area contributed by atoms with Crippen molar-refractivity contribution in [1.82, 2.24) is 9.88 Å². The number of nitrogens with zero attached hydrogens (tertiary/aromatic N) is 3. The van der Waals surface area contributed by atoms with Gasteiger partial charge in [0.2, 0.25) is 0 Å². The van der Waals surface area contributed by atoms with Crippen molar-refractivity contribution in [2.24, 2.45) is 0 Å². The summed E-state index contributed by atoms with van der Waals surface area (Å²) in [6.07, 6.45) is 1.50. The Balaban J connectivity index is 1.56. The fraction of sp³-hybridized carbons (Fsp3) is 0.308. The van der Waals surface area contributed by atoms with Gasteiger partial charge in [-0.2, -0.15) is 0 Å². The normalized spacial score (nSPS) is 14.4. The number of hydrogen-bond acceptors (Lipinski definition) is 6. The van der Waals surface area contributed by atoms with E-state index in [9.17, 15) is 4.79 Å². The first-order valence-electron chi connectivity index (χ1n) is 11.2. The molecular weight excluding hydrogens is 436 g/mol. The molecule has 0 saturated carbocycles. The average Bonchev–Trinajstić information content (AvgIpc) is 2.80. The zero-order valence-electron chi connectivity index (χ0n) is 19.0. The van der Waals surface area contributed by atoms with E-state index in [0.29, 0.717) is 22.1 Å². The van der Waals surface area contributed by atoms with Gasteiger partial charge in [0.1, 0.15) is 11.4 Å². The molecule has 0 radical (unpaired) electrons. The van der Waals surface area contributed by atoms with Crippen LogP contribution in [0.1, 0.15) is 29.8 Å². The summed E-state index contributed by atoms with van der Waals surface area (Å²) in [5.41, 5.74) is 3.20. The molecule has 3 aromatic rings. The summed E-state index contributed by atoms with van der Waals surface area (Å²) in [6, 6.07) is 19.7. The third-order valence-corrected chi connectivity index (χ3v) is 5.74. The summed E-state index contributed by atoms with van der Waals surface area (Å²) in [7, 11) is 0. The Hall–Kier alpha value is -3.09. The van der Waals surface area contributed by atoms with Crippen molar-refractivity contribution in [2.75, 3.05) is 36.4 Å². The summed E-state index contributed by atoms with van der Waals surface area (Å²) in [6.45, 7) is 7.95. The molecule has 4 rings (SSSR count). The fourth-order valence-corrected chi connectivity index (χ4v) is 4.14. The molecule has 2 aromatic carbocycles. The van der Waals surface area contributed by atoms with Crippen LogP contribution >= 0.6 is 11.6 Å². The maximum atomic E-state index is 13.1. The van der Waals surface area contributed by atoms with Crippen LogP contribution in [0.4, 0.5) is 17.2 Å². The van der Waals surface area contributed by atoms with Gasteiger partial charge in [-0.25, -0.2) is 9.78 Å². The summed E-state index contributed by atoms with van der Waals surface area (Å²) in [5.74, 6) is 0.261. The highest BCUT2D eigenvalue weighted by atomic mass is 35.5. The number of ether oxygens (including phenoxy) is 1. The lowest BCUT2D eigenvalue weighted by Crippen LogP contribution is -2.46. The Morgan fingerprint density at radius 3 is 2.52 bits per heavy atom. The molecule has 0 spiro atoms. The molecule has 7 heteroatoms. The van der Waals surface area contributed by atoms with E-state index < -0.39 is 0 Å². The molecule has 2 heterocycles. The zero-order valence-corrected chi connectivity index (χ0v) is 19.8. The summed E-state index contributed by atoms with van der Waals surface area (Å²) in [5, 5.41) is 3.95. The number of halogens is 1. The third kappa shape index (κ3) is 6.03. The molecule has 1 aliphatic rings. The largest absolute Gasteiger partial charge is 0.459 e. The first-order valence-corrected chi connectivity index (χ1v) is 11.6. The van der Waals surface area contributed by atoms with Crippen molar-refractivity contribution in [3.63, 3.8) is 0 Å². The molecule has 1 fully saturated rings. The summed E-state index contributed by atoms with van der Waals surface area (Å²) in [4.78, 5) is 22.3. The van der Waals surface area contributed by atoms with E-state index in [1.165, 1.54) is 5.56 Å². The van der Waals surface area contributed by atoms with Gasteiger partial charge in [-0.15, -0.1) is 0 Å². The van der Waals surface area contributed by atoms with Crippen LogP contribution < -0.4 is 10.2 Å². The van der Waals surface area contributed by atoms with Crippen LogP contribution in [0.15, 0.2) is 66.9 Å². The van der Waals surface area contributed by atoms with Crippen molar-refractivity contribution in [2.45, 2.75) is 26.5 Å². The second-order valence-electron chi connectivity index (χ2n) is 8.40. The van der Waals surface area contributed by atoms with E-state index in [1.807, 2.05) is 44.2 Å². The molecule has 1 aliphatic heterocycles. The fourth-order valence-electron chi connectivity index (χ4n) is 3.95. The maximum absolute atomic E-state index is 13.1. The molecular formula is C26H29ClN4O2. The van der Waals surface area contributed by atoms with Crippen LogP contribution in [-0.4, -0.2) is 48.1 Å². The molecule has 1 aromatic heterocycles.